The number of piperidine rings is 1. The Morgan fingerprint density at radius 3 is 2.23 bits per heavy atom. The van der Waals surface area contributed by atoms with E-state index in [0.29, 0.717) is 0 Å². The van der Waals surface area contributed by atoms with E-state index in [-0.39, 0.29) is 25.3 Å². The Morgan fingerprint density at radius 2 is 1.82 bits per heavy atom. The van der Waals surface area contributed by atoms with Gasteiger partial charge in [-0.25, -0.2) is 8.78 Å². The maximum Gasteiger partial charge on any atom is 0.323 e. The van der Waals surface area contributed by atoms with Crippen molar-refractivity contribution < 1.29 is 28.3 Å². The summed E-state index contributed by atoms with van der Waals surface area (Å²) in [6, 6.07) is 4.55. The zero-order valence-corrected chi connectivity index (χ0v) is 12.3. The van der Waals surface area contributed by atoms with Gasteiger partial charge in [0.1, 0.15) is 29.4 Å². The van der Waals surface area contributed by atoms with Crippen LogP contribution in [0.4, 0.5) is 8.78 Å². The van der Waals surface area contributed by atoms with Gasteiger partial charge in [-0.15, -0.1) is 0 Å². The molecule has 7 heteroatoms. The number of carbonyl (C=O) groups excluding carboxylic acids is 2. The molecule has 0 aliphatic carbocycles. The SMILES string of the molecule is CC1(C)C(=O)CCN(CC(=O)O)C1=O.Fc1cccc(F)c1. The highest BCUT2D eigenvalue weighted by molar-refractivity contribution is 6.07. The number of carbonyl (C=O) groups is 3. The van der Waals surface area contributed by atoms with Crippen LogP contribution in [0, 0.1) is 17.0 Å². The van der Waals surface area contributed by atoms with Gasteiger partial charge in [0.2, 0.25) is 5.91 Å². The van der Waals surface area contributed by atoms with Gasteiger partial charge >= 0.3 is 5.97 Å². The highest BCUT2D eigenvalue weighted by Crippen LogP contribution is 2.26. The largest absolute Gasteiger partial charge is 0.480 e. The van der Waals surface area contributed by atoms with Crippen LogP contribution in [0.1, 0.15) is 20.3 Å². The minimum Gasteiger partial charge on any atom is -0.480 e. The molecule has 0 bridgehead atoms. The molecule has 0 saturated carbocycles. The monoisotopic (exact) mass is 313 g/mol. The van der Waals surface area contributed by atoms with Crippen LogP contribution in [0.25, 0.3) is 0 Å². The van der Waals surface area contributed by atoms with E-state index in [0.717, 1.165) is 6.07 Å². The number of halogens is 2. The highest BCUT2D eigenvalue weighted by Gasteiger charge is 2.42. The minimum absolute atomic E-state index is 0.121. The molecule has 1 heterocycles. The number of amides is 1. The Labute approximate surface area is 126 Å². The number of likely N-dealkylation sites (tertiary alicyclic amines) is 1. The molecule has 1 fully saturated rings. The molecule has 22 heavy (non-hydrogen) atoms. The number of hydrogen-bond acceptors (Lipinski definition) is 3. The molecular formula is C15H17F2NO4. The molecule has 0 radical (unpaired) electrons. The minimum atomic E-state index is -1.06. The molecule has 0 spiro atoms. The van der Waals surface area contributed by atoms with Gasteiger partial charge < -0.3 is 10.0 Å². The van der Waals surface area contributed by atoms with Gasteiger partial charge in [-0.1, -0.05) is 6.07 Å². The quantitative estimate of drug-likeness (QED) is 0.846. The molecule has 2 rings (SSSR count). The molecule has 5 nitrogen and oxygen atoms in total. The van der Waals surface area contributed by atoms with E-state index < -0.39 is 28.9 Å². The molecule has 120 valence electrons. The summed E-state index contributed by atoms with van der Waals surface area (Å²) >= 11 is 0. The van der Waals surface area contributed by atoms with Crippen molar-refractivity contribution >= 4 is 17.7 Å². The van der Waals surface area contributed by atoms with E-state index in [2.05, 4.69) is 0 Å². The Bertz CT molecular complexity index is 569. The first-order valence-corrected chi connectivity index (χ1v) is 6.60. The summed E-state index contributed by atoms with van der Waals surface area (Å²) in [5.74, 6) is -2.64. The van der Waals surface area contributed by atoms with E-state index >= 15 is 0 Å². The molecule has 0 unspecified atom stereocenters. The highest BCUT2D eigenvalue weighted by atomic mass is 19.1. The van der Waals surface area contributed by atoms with Crippen molar-refractivity contribution in [3.63, 3.8) is 0 Å². The summed E-state index contributed by atoms with van der Waals surface area (Å²) in [5.41, 5.74) is -1.06. The first-order valence-electron chi connectivity index (χ1n) is 6.60. The normalized spacial score (nSPS) is 16.8. The van der Waals surface area contributed by atoms with E-state index in [1.54, 1.807) is 0 Å². The fraction of sp³-hybridized carbons (Fsp3) is 0.400. The standard InChI is InChI=1S/C9H13NO4.C6H4F2/c1-9(2)6(11)3-4-10(8(9)14)5-7(12)13;7-5-2-1-3-6(8)4-5/h3-5H2,1-2H3,(H,12,13);1-4H. The molecular weight excluding hydrogens is 296 g/mol. The molecule has 0 atom stereocenters. The van der Waals surface area contributed by atoms with Crippen molar-refractivity contribution in [3.05, 3.63) is 35.9 Å². The summed E-state index contributed by atoms with van der Waals surface area (Å²) in [4.78, 5) is 34.6. The number of hydrogen-bond donors (Lipinski definition) is 1. The number of benzene rings is 1. The summed E-state index contributed by atoms with van der Waals surface area (Å²) in [7, 11) is 0. The average Bonchev–Trinajstić information content (AvgIpc) is 2.40. The Morgan fingerprint density at radius 1 is 1.27 bits per heavy atom. The first-order chi connectivity index (χ1) is 10.1. The molecule has 0 aromatic heterocycles. The van der Waals surface area contributed by atoms with Crippen LogP contribution >= 0.6 is 0 Å². The van der Waals surface area contributed by atoms with E-state index in [4.69, 9.17) is 5.11 Å². The Hall–Kier alpha value is -2.31. The van der Waals surface area contributed by atoms with Gasteiger partial charge in [-0.05, 0) is 26.0 Å². The van der Waals surface area contributed by atoms with Crippen LogP contribution in [-0.4, -0.2) is 40.8 Å². The van der Waals surface area contributed by atoms with Gasteiger partial charge in [-0.3, -0.25) is 14.4 Å². The van der Waals surface area contributed by atoms with Crippen molar-refractivity contribution in [3.8, 4) is 0 Å². The zero-order valence-electron chi connectivity index (χ0n) is 12.3. The second kappa shape index (κ2) is 7.11. The maximum atomic E-state index is 11.9. The number of ketones is 1. The number of rotatable bonds is 2. The van der Waals surface area contributed by atoms with Crippen LogP contribution in [-0.2, 0) is 14.4 Å². The van der Waals surface area contributed by atoms with Crippen LogP contribution < -0.4 is 0 Å². The Balaban J connectivity index is 0.000000255. The van der Waals surface area contributed by atoms with Crippen LogP contribution in [0.5, 0.6) is 0 Å². The van der Waals surface area contributed by atoms with Gasteiger partial charge in [0.15, 0.2) is 0 Å². The van der Waals surface area contributed by atoms with Crippen LogP contribution in [0.2, 0.25) is 0 Å². The molecule has 1 aliphatic heterocycles. The van der Waals surface area contributed by atoms with Gasteiger partial charge in [0.05, 0.1) is 0 Å². The number of Topliss-reactive ketones (excluding diaryl/α,β-unsaturated/α-hetero) is 1. The van der Waals surface area contributed by atoms with Crippen LogP contribution in [0.3, 0.4) is 0 Å². The van der Waals surface area contributed by atoms with Gasteiger partial charge in [0, 0.05) is 19.0 Å². The predicted octanol–water partition coefficient (Wildman–Crippen LogP) is 1.86. The fourth-order valence-electron chi connectivity index (χ4n) is 1.94. The summed E-state index contributed by atoms with van der Waals surface area (Å²) in [6.07, 6.45) is 0.242. The molecule has 1 aromatic rings. The second-order valence-electron chi connectivity index (χ2n) is 5.36. The molecule has 1 saturated heterocycles. The summed E-state index contributed by atoms with van der Waals surface area (Å²) in [6.45, 7) is 2.96. The number of carboxylic acids is 1. The number of carboxylic acid groups (broad SMARTS) is 1. The number of nitrogens with zero attached hydrogens (tertiary/aromatic N) is 1. The lowest BCUT2D eigenvalue weighted by Gasteiger charge is -2.34. The summed E-state index contributed by atoms with van der Waals surface area (Å²) in [5, 5.41) is 8.54. The fourth-order valence-corrected chi connectivity index (χ4v) is 1.94. The third-order valence-corrected chi connectivity index (χ3v) is 3.24. The van der Waals surface area contributed by atoms with Gasteiger partial charge in [0.25, 0.3) is 0 Å². The van der Waals surface area contributed by atoms with E-state index in [1.807, 2.05) is 0 Å². The van der Waals surface area contributed by atoms with Crippen molar-refractivity contribution in [2.24, 2.45) is 5.41 Å². The topological polar surface area (TPSA) is 74.7 Å². The lowest BCUT2D eigenvalue weighted by molar-refractivity contribution is -0.156. The number of aliphatic carboxylic acids is 1. The first kappa shape index (κ1) is 17.7. The van der Waals surface area contributed by atoms with Crippen molar-refractivity contribution in [1.82, 2.24) is 4.90 Å². The molecule has 1 aromatic carbocycles. The summed E-state index contributed by atoms with van der Waals surface area (Å²) < 4.78 is 23.9. The molecule has 1 N–H and O–H groups in total. The average molecular weight is 313 g/mol. The molecule has 1 amide bonds. The van der Waals surface area contributed by atoms with Crippen molar-refractivity contribution in [2.75, 3.05) is 13.1 Å². The van der Waals surface area contributed by atoms with E-state index in [1.165, 1.54) is 36.9 Å². The second-order valence-corrected chi connectivity index (χ2v) is 5.36. The zero-order chi connectivity index (χ0) is 16.9. The van der Waals surface area contributed by atoms with Gasteiger partial charge in [-0.2, -0.15) is 0 Å². The lowest BCUT2D eigenvalue weighted by Crippen LogP contribution is -2.52. The predicted molar refractivity (Wildman–Crippen MR) is 74.0 cm³/mol. The molecule has 1 aliphatic rings. The van der Waals surface area contributed by atoms with Crippen molar-refractivity contribution in [1.29, 1.82) is 0 Å². The maximum absolute atomic E-state index is 11.9. The third-order valence-electron chi connectivity index (χ3n) is 3.24. The smallest absolute Gasteiger partial charge is 0.323 e. The van der Waals surface area contributed by atoms with Crippen molar-refractivity contribution in [2.45, 2.75) is 20.3 Å². The lowest BCUT2D eigenvalue weighted by atomic mass is 9.82. The van der Waals surface area contributed by atoms with E-state index in [9.17, 15) is 23.2 Å². The third kappa shape index (κ3) is 4.61. The Kier molecular flexibility index (Phi) is 5.73. The van der Waals surface area contributed by atoms with Crippen LogP contribution in [0.15, 0.2) is 24.3 Å².